The summed E-state index contributed by atoms with van der Waals surface area (Å²) >= 11 is 4.42. The SMILES string of the molecule is CCCCCCCC/C=C\CCCCCCCC1OCC(COP(O)(O)=S)O1. The molecule has 0 aliphatic carbocycles. The van der Waals surface area contributed by atoms with E-state index < -0.39 is 6.72 Å². The van der Waals surface area contributed by atoms with E-state index in [0.717, 1.165) is 12.8 Å². The first-order chi connectivity index (χ1) is 13.5. The first-order valence-electron chi connectivity index (χ1n) is 11.1. The van der Waals surface area contributed by atoms with Gasteiger partial charge < -0.3 is 23.8 Å². The molecule has 0 radical (unpaired) electrons. The normalized spacial score (nSPS) is 20.4. The smallest absolute Gasteiger partial charge is 0.321 e. The van der Waals surface area contributed by atoms with Crippen LogP contribution in [0.5, 0.6) is 0 Å². The van der Waals surface area contributed by atoms with E-state index in [2.05, 4.69) is 30.9 Å². The number of allylic oxidation sites excluding steroid dienone is 2. The fourth-order valence-corrected chi connectivity index (χ4v) is 3.85. The quantitative estimate of drug-likeness (QED) is 0.156. The average molecular weight is 437 g/mol. The first-order valence-corrected chi connectivity index (χ1v) is 13.8. The molecule has 0 aromatic rings. The van der Waals surface area contributed by atoms with E-state index in [0.29, 0.717) is 6.61 Å². The van der Waals surface area contributed by atoms with Gasteiger partial charge in [0.15, 0.2) is 6.29 Å². The lowest BCUT2D eigenvalue weighted by Crippen LogP contribution is -2.18. The Labute approximate surface area is 177 Å². The second-order valence-corrected chi connectivity index (χ2v) is 10.3. The van der Waals surface area contributed by atoms with Crippen LogP contribution in [-0.4, -0.2) is 35.4 Å². The Kier molecular flexibility index (Phi) is 15.9. The minimum Gasteiger partial charge on any atom is -0.350 e. The van der Waals surface area contributed by atoms with Gasteiger partial charge in [-0.15, -0.1) is 0 Å². The molecular weight excluding hydrogens is 395 g/mol. The van der Waals surface area contributed by atoms with Gasteiger partial charge in [-0.3, -0.25) is 0 Å². The fourth-order valence-electron chi connectivity index (χ4n) is 3.31. The third-order valence-corrected chi connectivity index (χ3v) is 5.74. The number of hydrogen-bond donors (Lipinski definition) is 2. The Balaban J connectivity index is 1.83. The van der Waals surface area contributed by atoms with E-state index in [1.807, 2.05) is 0 Å². The lowest BCUT2D eigenvalue weighted by molar-refractivity contribution is -0.0691. The standard InChI is InChI=1S/C21H41O5PS/c1-2-3-4-5-6-7-8-9-10-11-12-13-14-15-16-17-21-24-18-20(26-21)19-25-27(22,23)28/h9-10,20-21H,2-8,11-19H2,1H3,(H2,22,23,28)/b10-9-. The zero-order valence-corrected chi connectivity index (χ0v) is 19.3. The summed E-state index contributed by atoms with van der Waals surface area (Å²) < 4.78 is 16.0. The molecule has 1 aliphatic heterocycles. The molecule has 28 heavy (non-hydrogen) atoms. The Morgan fingerprint density at radius 2 is 1.50 bits per heavy atom. The maximum Gasteiger partial charge on any atom is 0.321 e. The molecule has 5 nitrogen and oxygen atoms in total. The van der Waals surface area contributed by atoms with Crippen LogP contribution in [0.4, 0.5) is 0 Å². The molecule has 0 aromatic heterocycles. The molecule has 7 heteroatoms. The van der Waals surface area contributed by atoms with Crippen LogP contribution in [0.15, 0.2) is 12.2 Å². The van der Waals surface area contributed by atoms with Crippen LogP contribution >= 0.6 is 6.72 Å². The van der Waals surface area contributed by atoms with Crippen LogP contribution in [0.3, 0.4) is 0 Å². The van der Waals surface area contributed by atoms with Gasteiger partial charge in [0, 0.05) is 0 Å². The minimum atomic E-state index is -3.60. The van der Waals surface area contributed by atoms with Crippen molar-refractivity contribution in [3.05, 3.63) is 12.2 Å². The third-order valence-electron chi connectivity index (χ3n) is 4.94. The second kappa shape index (κ2) is 16.9. The highest BCUT2D eigenvalue weighted by atomic mass is 32.5. The van der Waals surface area contributed by atoms with Crippen molar-refractivity contribution in [1.82, 2.24) is 0 Å². The number of unbranched alkanes of at least 4 members (excludes halogenated alkanes) is 11. The van der Waals surface area contributed by atoms with Gasteiger partial charge in [-0.2, -0.15) is 0 Å². The van der Waals surface area contributed by atoms with E-state index in [1.165, 1.54) is 77.0 Å². The van der Waals surface area contributed by atoms with E-state index in [4.69, 9.17) is 23.8 Å². The molecule has 1 rings (SSSR count). The van der Waals surface area contributed by atoms with Gasteiger partial charge in [-0.25, -0.2) is 0 Å². The van der Waals surface area contributed by atoms with E-state index in [1.54, 1.807) is 0 Å². The lowest BCUT2D eigenvalue weighted by Gasteiger charge is -2.13. The third kappa shape index (κ3) is 16.0. The predicted molar refractivity (Wildman–Crippen MR) is 119 cm³/mol. The van der Waals surface area contributed by atoms with Crippen molar-refractivity contribution in [3.63, 3.8) is 0 Å². The highest BCUT2D eigenvalue weighted by molar-refractivity contribution is 8.06. The van der Waals surface area contributed by atoms with Gasteiger partial charge in [0.1, 0.15) is 6.10 Å². The summed E-state index contributed by atoms with van der Waals surface area (Å²) in [5.74, 6) is 0. The van der Waals surface area contributed by atoms with Crippen molar-refractivity contribution >= 4 is 18.5 Å². The summed E-state index contributed by atoms with van der Waals surface area (Å²) in [7, 11) is 0. The minimum absolute atomic E-state index is 0.0765. The molecule has 2 unspecified atom stereocenters. The monoisotopic (exact) mass is 436 g/mol. The second-order valence-electron chi connectivity index (χ2n) is 7.68. The van der Waals surface area contributed by atoms with Gasteiger partial charge in [0.2, 0.25) is 0 Å². The Morgan fingerprint density at radius 1 is 0.929 bits per heavy atom. The maximum atomic E-state index is 9.05. The largest absolute Gasteiger partial charge is 0.350 e. The molecule has 1 saturated heterocycles. The molecule has 2 N–H and O–H groups in total. The summed E-state index contributed by atoms with van der Waals surface area (Å²) in [4.78, 5) is 18.1. The molecular formula is C21H41O5PS. The summed E-state index contributed by atoms with van der Waals surface area (Å²) in [6.45, 7) is -0.837. The summed E-state index contributed by atoms with van der Waals surface area (Å²) in [6.07, 6.45) is 21.9. The van der Waals surface area contributed by atoms with Crippen LogP contribution in [0.25, 0.3) is 0 Å². The molecule has 0 aromatic carbocycles. The van der Waals surface area contributed by atoms with E-state index in [9.17, 15) is 0 Å². The van der Waals surface area contributed by atoms with Crippen LogP contribution in [0, 0.1) is 0 Å². The predicted octanol–water partition coefficient (Wildman–Crippen LogP) is 5.99. The van der Waals surface area contributed by atoms with Gasteiger partial charge in [0.25, 0.3) is 0 Å². The zero-order chi connectivity index (χ0) is 20.5. The molecule has 2 atom stereocenters. The first kappa shape index (κ1) is 26.2. The highest BCUT2D eigenvalue weighted by Gasteiger charge is 2.27. The van der Waals surface area contributed by atoms with Gasteiger partial charge in [0.05, 0.1) is 13.2 Å². The average Bonchev–Trinajstić information content (AvgIpc) is 3.10. The van der Waals surface area contributed by atoms with Gasteiger partial charge >= 0.3 is 6.72 Å². The zero-order valence-electron chi connectivity index (χ0n) is 17.6. The number of hydrogen-bond acceptors (Lipinski definition) is 4. The molecule has 1 aliphatic rings. The van der Waals surface area contributed by atoms with Gasteiger partial charge in [-0.05, 0) is 50.3 Å². The number of ether oxygens (including phenoxy) is 2. The molecule has 1 fully saturated rings. The molecule has 1 heterocycles. The van der Waals surface area contributed by atoms with Crippen LogP contribution in [0.2, 0.25) is 0 Å². The number of rotatable bonds is 18. The van der Waals surface area contributed by atoms with Crippen molar-refractivity contribution in [2.75, 3.05) is 13.2 Å². The molecule has 0 spiro atoms. The van der Waals surface area contributed by atoms with Crippen LogP contribution in [0.1, 0.15) is 96.8 Å². The fraction of sp³-hybridized carbons (Fsp3) is 0.905. The van der Waals surface area contributed by atoms with Gasteiger partial charge in [-0.1, -0.05) is 70.4 Å². The Bertz CT molecular complexity index is 441. The van der Waals surface area contributed by atoms with Crippen LogP contribution < -0.4 is 0 Å². The molecule has 0 bridgehead atoms. The maximum absolute atomic E-state index is 9.05. The summed E-state index contributed by atoms with van der Waals surface area (Å²) in [5.41, 5.74) is 0. The van der Waals surface area contributed by atoms with E-state index in [-0.39, 0.29) is 19.0 Å². The highest BCUT2D eigenvalue weighted by Crippen LogP contribution is 2.37. The van der Waals surface area contributed by atoms with Crippen molar-refractivity contribution in [3.8, 4) is 0 Å². The molecule has 0 amide bonds. The van der Waals surface area contributed by atoms with Crippen molar-refractivity contribution < 1.29 is 23.8 Å². The van der Waals surface area contributed by atoms with Crippen molar-refractivity contribution in [1.29, 1.82) is 0 Å². The van der Waals surface area contributed by atoms with Crippen molar-refractivity contribution in [2.45, 2.75) is 109 Å². The Hall–Kier alpha value is 0.190. The topological polar surface area (TPSA) is 68.2 Å². The summed E-state index contributed by atoms with van der Waals surface area (Å²) in [5, 5.41) is 0. The van der Waals surface area contributed by atoms with E-state index >= 15 is 0 Å². The molecule has 166 valence electrons. The van der Waals surface area contributed by atoms with Crippen molar-refractivity contribution in [2.24, 2.45) is 0 Å². The lowest BCUT2D eigenvalue weighted by atomic mass is 10.1. The summed E-state index contributed by atoms with van der Waals surface area (Å²) in [6, 6.07) is 0. The molecule has 0 saturated carbocycles. The van der Waals surface area contributed by atoms with Crippen LogP contribution in [-0.2, 0) is 25.8 Å². The Morgan fingerprint density at radius 3 is 2.11 bits per heavy atom.